The first-order chi connectivity index (χ1) is 9.63. The lowest BCUT2D eigenvalue weighted by molar-refractivity contribution is -0.385. The van der Waals surface area contributed by atoms with E-state index in [1.807, 2.05) is 30.3 Å². The van der Waals surface area contributed by atoms with E-state index in [0.29, 0.717) is 17.5 Å². The van der Waals surface area contributed by atoms with Crippen molar-refractivity contribution >= 4 is 21.6 Å². The first kappa shape index (κ1) is 14.5. The van der Waals surface area contributed by atoms with Gasteiger partial charge in [-0.25, -0.2) is 0 Å². The molecule has 2 aromatic carbocycles. The SMILES string of the molecule is Cc1c(COc2ccccc2CBr)cccc1[N+](=O)[O-]. The van der Waals surface area contributed by atoms with Gasteiger partial charge in [0.2, 0.25) is 0 Å². The Kier molecular flexibility index (Phi) is 4.74. The van der Waals surface area contributed by atoms with Crippen LogP contribution in [0.1, 0.15) is 16.7 Å². The maximum atomic E-state index is 10.9. The number of rotatable bonds is 5. The molecule has 0 heterocycles. The van der Waals surface area contributed by atoms with E-state index in [4.69, 9.17) is 4.74 Å². The van der Waals surface area contributed by atoms with Crippen molar-refractivity contribution in [3.63, 3.8) is 0 Å². The van der Waals surface area contributed by atoms with Crippen molar-refractivity contribution in [2.75, 3.05) is 0 Å². The average Bonchev–Trinajstić information content (AvgIpc) is 2.46. The van der Waals surface area contributed by atoms with Crippen LogP contribution in [0.5, 0.6) is 5.75 Å². The number of ether oxygens (including phenoxy) is 1. The van der Waals surface area contributed by atoms with Crippen LogP contribution < -0.4 is 4.74 Å². The van der Waals surface area contributed by atoms with Crippen LogP contribution in [0.2, 0.25) is 0 Å². The molecule has 0 aliphatic carbocycles. The highest BCUT2D eigenvalue weighted by atomic mass is 79.9. The molecular formula is C15H14BrNO3. The van der Waals surface area contributed by atoms with Crippen LogP contribution in [-0.4, -0.2) is 4.92 Å². The smallest absolute Gasteiger partial charge is 0.272 e. The molecule has 0 radical (unpaired) electrons. The molecule has 0 amide bonds. The molecule has 2 aromatic rings. The number of nitro groups is 1. The van der Waals surface area contributed by atoms with Crippen LogP contribution in [0.25, 0.3) is 0 Å². The van der Waals surface area contributed by atoms with Gasteiger partial charge in [0.25, 0.3) is 5.69 Å². The van der Waals surface area contributed by atoms with Crippen molar-refractivity contribution in [2.45, 2.75) is 18.9 Å². The van der Waals surface area contributed by atoms with Crippen molar-refractivity contribution in [3.8, 4) is 5.75 Å². The molecule has 20 heavy (non-hydrogen) atoms. The monoisotopic (exact) mass is 335 g/mol. The molecule has 0 aromatic heterocycles. The van der Waals surface area contributed by atoms with Crippen LogP contribution in [0, 0.1) is 17.0 Å². The maximum Gasteiger partial charge on any atom is 0.272 e. The van der Waals surface area contributed by atoms with Crippen LogP contribution in [0.4, 0.5) is 5.69 Å². The fraction of sp³-hybridized carbons (Fsp3) is 0.200. The predicted octanol–water partition coefficient (Wildman–Crippen LogP) is 4.38. The Morgan fingerprint density at radius 1 is 1.15 bits per heavy atom. The average molecular weight is 336 g/mol. The molecule has 0 saturated carbocycles. The molecule has 0 unspecified atom stereocenters. The number of halogens is 1. The quantitative estimate of drug-likeness (QED) is 0.463. The molecule has 0 fully saturated rings. The molecule has 0 aliphatic rings. The largest absolute Gasteiger partial charge is 0.489 e. The van der Waals surface area contributed by atoms with Gasteiger partial charge in [-0.05, 0) is 18.6 Å². The van der Waals surface area contributed by atoms with Crippen molar-refractivity contribution in [1.29, 1.82) is 0 Å². The highest BCUT2D eigenvalue weighted by Gasteiger charge is 2.13. The second-order valence-corrected chi connectivity index (χ2v) is 4.91. The normalized spacial score (nSPS) is 10.3. The summed E-state index contributed by atoms with van der Waals surface area (Å²) in [6.45, 7) is 2.06. The van der Waals surface area contributed by atoms with Crippen molar-refractivity contribution < 1.29 is 9.66 Å². The molecule has 0 bridgehead atoms. The zero-order chi connectivity index (χ0) is 14.5. The van der Waals surface area contributed by atoms with E-state index >= 15 is 0 Å². The lowest BCUT2D eigenvalue weighted by Gasteiger charge is -2.11. The molecule has 0 atom stereocenters. The number of nitro benzene ring substituents is 1. The summed E-state index contributed by atoms with van der Waals surface area (Å²) >= 11 is 3.41. The maximum absolute atomic E-state index is 10.9. The third kappa shape index (κ3) is 3.17. The van der Waals surface area contributed by atoms with Crippen LogP contribution in [0.3, 0.4) is 0 Å². The molecular weight excluding hydrogens is 322 g/mol. The molecule has 0 aliphatic heterocycles. The minimum Gasteiger partial charge on any atom is -0.489 e. The van der Waals surface area contributed by atoms with Crippen LogP contribution in [0.15, 0.2) is 42.5 Å². The number of hydrogen-bond acceptors (Lipinski definition) is 3. The second-order valence-electron chi connectivity index (χ2n) is 4.35. The summed E-state index contributed by atoms with van der Waals surface area (Å²) in [6, 6.07) is 12.8. The summed E-state index contributed by atoms with van der Waals surface area (Å²) in [6.07, 6.45) is 0. The van der Waals surface area contributed by atoms with E-state index in [9.17, 15) is 10.1 Å². The second kappa shape index (κ2) is 6.52. The fourth-order valence-corrected chi connectivity index (χ4v) is 2.40. The highest BCUT2D eigenvalue weighted by molar-refractivity contribution is 9.08. The molecule has 0 saturated heterocycles. The Labute approximate surface area is 125 Å². The van der Waals surface area contributed by atoms with Crippen LogP contribution in [-0.2, 0) is 11.9 Å². The standard InChI is InChI=1S/C15H14BrNO3/c1-11-13(6-4-7-14(11)17(18)19)10-20-15-8-3-2-5-12(15)9-16/h2-8H,9-10H2,1H3. The Bertz CT molecular complexity index is 628. The minimum atomic E-state index is -0.370. The summed E-state index contributed by atoms with van der Waals surface area (Å²) in [5, 5.41) is 11.6. The molecule has 4 nitrogen and oxygen atoms in total. The highest BCUT2D eigenvalue weighted by Crippen LogP contribution is 2.25. The van der Waals surface area contributed by atoms with Gasteiger partial charge in [0.15, 0.2) is 0 Å². The van der Waals surface area contributed by atoms with E-state index in [1.165, 1.54) is 6.07 Å². The number of alkyl halides is 1. The van der Waals surface area contributed by atoms with Gasteiger partial charge in [-0.15, -0.1) is 0 Å². The molecule has 5 heteroatoms. The third-order valence-corrected chi connectivity index (χ3v) is 3.72. The van der Waals surface area contributed by atoms with Gasteiger partial charge >= 0.3 is 0 Å². The van der Waals surface area contributed by atoms with Crippen molar-refractivity contribution in [2.24, 2.45) is 0 Å². The third-order valence-electron chi connectivity index (χ3n) is 3.11. The Balaban J connectivity index is 2.19. The zero-order valence-electron chi connectivity index (χ0n) is 11.0. The van der Waals surface area contributed by atoms with Gasteiger partial charge in [-0.1, -0.05) is 46.3 Å². The van der Waals surface area contributed by atoms with Gasteiger partial charge in [0.05, 0.1) is 4.92 Å². The summed E-state index contributed by atoms with van der Waals surface area (Å²) < 4.78 is 5.78. The van der Waals surface area contributed by atoms with E-state index in [1.54, 1.807) is 13.0 Å². The van der Waals surface area contributed by atoms with Gasteiger partial charge in [0, 0.05) is 22.5 Å². The molecule has 2 rings (SSSR count). The summed E-state index contributed by atoms with van der Waals surface area (Å²) in [5.41, 5.74) is 2.65. The lowest BCUT2D eigenvalue weighted by atomic mass is 10.1. The Hall–Kier alpha value is -1.88. The topological polar surface area (TPSA) is 52.4 Å². The summed E-state index contributed by atoms with van der Waals surface area (Å²) in [4.78, 5) is 10.5. The van der Waals surface area contributed by atoms with Gasteiger partial charge in [-0.3, -0.25) is 10.1 Å². The molecule has 104 valence electrons. The lowest BCUT2D eigenvalue weighted by Crippen LogP contribution is -2.02. The van der Waals surface area contributed by atoms with Gasteiger partial charge < -0.3 is 4.74 Å². The summed E-state index contributed by atoms with van der Waals surface area (Å²) in [5.74, 6) is 0.787. The predicted molar refractivity (Wildman–Crippen MR) is 81.2 cm³/mol. The summed E-state index contributed by atoms with van der Waals surface area (Å²) in [7, 11) is 0. The minimum absolute atomic E-state index is 0.125. The Morgan fingerprint density at radius 2 is 1.85 bits per heavy atom. The fourth-order valence-electron chi connectivity index (χ4n) is 1.93. The van der Waals surface area contributed by atoms with Gasteiger partial charge in [0.1, 0.15) is 12.4 Å². The number of para-hydroxylation sites is 1. The molecule has 0 N–H and O–H groups in total. The first-order valence-corrected chi connectivity index (χ1v) is 7.25. The van der Waals surface area contributed by atoms with Crippen LogP contribution >= 0.6 is 15.9 Å². The zero-order valence-corrected chi connectivity index (χ0v) is 12.6. The van der Waals surface area contributed by atoms with E-state index in [0.717, 1.165) is 16.9 Å². The van der Waals surface area contributed by atoms with Crippen molar-refractivity contribution in [1.82, 2.24) is 0 Å². The number of nitrogens with zero attached hydrogens (tertiary/aromatic N) is 1. The Morgan fingerprint density at radius 3 is 2.55 bits per heavy atom. The molecule has 0 spiro atoms. The first-order valence-electron chi connectivity index (χ1n) is 6.13. The van der Waals surface area contributed by atoms with Gasteiger partial charge in [-0.2, -0.15) is 0 Å². The van der Waals surface area contributed by atoms with Crippen molar-refractivity contribution in [3.05, 3.63) is 69.3 Å². The van der Waals surface area contributed by atoms with E-state index < -0.39 is 0 Å². The van der Waals surface area contributed by atoms with E-state index in [-0.39, 0.29) is 10.6 Å². The van der Waals surface area contributed by atoms with E-state index in [2.05, 4.69) is 15.9 Å². The number of hydrogen-bond donors (Lipinski definition) is 0. The number of benzene rings is 2.